The van der Waals surface area contributed by atoms with Gasteiger partial charge in [-0.3, -0.25) is 4.99 Å². The van der Waals surface area contributed by atoms with Gasteiger partial charge in [-0.2, -0.15) is 0 Å². The van der Waals surface area contributed by atoms with Gasteiger partial charge in [0.1, 0.15) is 0 Å². The summed E-state index contributed by atoms with van der Waals surface area (Å²) in [5.41, 5.74) is 17.2. The van der Waals surface area contributed by atoms with E-state index < -0.39 is 0 Å². The van der Waals surface area contributed by atoms with Crippen LogP contribution in [0.3, 0.4) is 0 Å². The van der Waals surface area contributed by atoms with Gasteiger partial charge >= 0.3 is 0 Å². The number of nitrogens with zero attached hydrogens (tertiary/aromatic N) is 2. The predicted molar refractivity (Wildman–Crippen MR) is 229 cm³/mol. The first kappa shape index (κ1) is 33.6. The fourth-order valence-electron chi connectivity index (χ4n) is 8.83. The minimum absolute atomic E-state index is 0.356. The Balaban J connectivity index is 1.31. The normalized spacial score (nSPS) is 17.4. The van der Waals surface area contributed by atoms with Gasteiger partial charge in [-0.15, -0.1) is 0 Å². The monoisotopic (exact) mass is 690 g/mol. The van der Waals surface area contributed by atoms with E-state index in [1.165, 1.54) is 95.8 Å². The first-order valence-corrected chi connectivity index (χ1v) is 20.1. The summed E-state index contributed by atoms with van der Waals surface area (Å²) in [6, 6.07) is 38.8. The largest absolute Gasteiger partial charge is 0.309 e. The average Bonchev–Trinajstić information content (AvgIpc) is 4.02. The number of hydrogen-bond acceptors (Lipinski definition) is 1. The van der Waals surface area contributed by atoms with E-state index in [-0.39, 0.29) is 0 Å². The molecule has 0 bridgehead atoms. The average molecular weight is 691 g/mol. The van der Waals surface area contributed by atoms with E-state index in [1.807, 2.05) is 0 Å². The van der Waals surface area contributed by atoms with Crippen molar-refractivity contribution in [1.29, 1.82) is 0 Å². The second-order valence-electron chi connectivity index (χ2n) is 15.6. The molecule has 1 heterocycles. The molecule has 0 spiro atoms. The van der Waals surface area contributed by atoms with Crippen LogP contribution in [0.4, 0.5) is 0 Å². The molecule has 1 fully saturated rings. The molecule has 1 saturated carbocycles. The van der Waals surface area contributed by atoms with Crippen molar-refractivity contribution in [1.82, 2.24) is 4.57 Å². The predicted octanol–water partition coefficient (Wildman–Crippen LogP) is 14.1. The van der Waals surface area contributed by atoms with E-state index in [4.69, 9.17) is 4.99 Å². The van der Waals surface area contributed by atoms with Crippen LogP contribution in [0.25, 0.3) is 55.6 Å². The third-order valence-corrected chi connectivity index (χ3v) is 12.2. The van der Waals surface area contributed by atoms with Crippen LogP contribution in [0, 0.1) is 11.8 Å². The SMILES string of the molecule is CC/C(C)=C(/N=C(/C1=Cc2ccccc2CC1)C(C)CC)c1ccc(C2=C(C3CC3)CCC=C2)c(-n2c3ccccc3c3cc4ccccc4cc32)c1. The number of allylic oxidation sites excluding steroid dienone is 6. The van der Waals surface area contributed by atoms with Crippen molar-refractivity contribution in [2.45, 2.75) is 79.1 Å². The Morgan fingerprint density at radius 3 is 2.38 bits per heavy atom. The van der Waals surface area contributed by atoms with Gasteiger partial charge in [0.15, 0.2) is 0 Å². The van der Waals surface area contributed by atoms with Crippen molar-refractivity contribution in [3.05, 3.63) is 154 Å². The van der Waals surface area contributed by atoms with Gasteiger partial charge in [0.2, 0.25) is 0 Å². The maximum absolute atomic E-state index is 5.76. The number of aliphatic imine (C=N–C) groups is 1. The Morgan fingerprint density at radius 1 is 0.792 bits per heavy atom. The molecule has 1 atom stereocenters. The zero-order chi connectivity index (χ0) is 36.1. The lowest BCUT2D eigenvalue weighted by Crippen LogP contribution is -2.17. The molecule has 0 saturated heterocycles. The minimum Gasteiger partial charge on any atom is -0.309 e. The fraction of sp³-hybridized carbons (Fsp3) is 0.275. The maximum atomic E-state index is 5.76. The lowest BCUT2D eigenvalue weighted by Gasteiger charge is -2.24. The highest BCUT2D eigenvalue weighted by atomic mass is 15.0. The third kappa shape index (κ3) is 6.13. The molecule has 9 rings (SSSR count). The standard InChI is InChI=1S/C51H50N2/c1-5-33(3)50(40-26-23-35-15-7-8-16-37(35)29-40)52-51(34(4)6-2)41-27-28-45(43-20-12-11-19-42(43)36-24-25-36)48(32-41)53-47-22-14-13-21-44(47)46-30-38-17-9-10-18-39(38)31-49(46)53/h7-10,12-18,20-22,27-33,36H,5-6,11,19,23-26H2,1-4H3/b51-34+,52-50+. The van der Waals surface area contributed by atoms with E-state index in [1.54, 1.807) is 5.57 Å². The number of hydrogen-bond donors (Lipinski definition) is 0. The molecule has 5 aromatic carbocycles. The first-order chi connectivity index (χ1) is 26.0. The summed E-state index contributed by atoms with van der Waals surface area (Å²) in [4.78, 5) is 5.76. The van der Waals surface area contributed by atoms with Crippen molar-refractivity contribution in [3.63, 3.8) is 0 Å². The van der Waals surface area contributed by atoms with E-state index in [0.717, 1.165) is 50.1 Å². The van der Waals surface area contributed by atoms with Gasteiger partial charge in [-0.05, 0) is 139 Å². The number of aromatic nitrogens is 1. The minimum atomic E-state index is 0.356. The smallest absolute Gasteiger partial charge is 0.0695 e. The van der Waals surface area contributed by atoms with E-state index in [0.29, 0.717) is 5.92 Å². The van der Waals surface area contributed by atoms with Gasteiger partial charge in [0.25, 0.3) is 0 Å². The summed E-state index contributed by atoms with van der Waals surface area (Å²) in [6.07, 6.45) is 16.3. The Labute approximate surface area is 315 Å². The summed E-state index contributed by atoms with van der Waals surface area (Å²) in [5.74, 6) is 1.08. The molecule has 2 heteroatoms. The lowest BCUT2D eigenvalue weighted by molar-refractivity contribution is 0.733. The highest BCUT2D eigenvalue weighted by Gasteiger charge is 2.30. The Morgan fingerprint density at radius 2 is 1.57 bits per heavy atom. The van der Waals surface area contributed by atoms with Gasteiger partial charge in [0.05, 0.1) is 22.4 Å². The van der Waals surface area contributed by atoms with E-state index >= 15 is 0 Å². The molecule has 1 unspecified atom stereocenters. The maximum Gasteiger partial charge on any atom is 0.0695 e. The topological polar surface area (TPSA) is 17.3 Å². The van der Waals surface area contributed by atoms with Crippen LogP contribution in [0.15, 0.2) is 137 Å². The van der Waals surface area contributed by atoms with Crippen molar-refractivity contribution >= 4 is 55.6 Å². The molecular weight excluding hydrogens is 641 g/mol. The summed E-state index contributed by atoms with van der Waals surface area (Å²) in [6.45, 7) is 9.22. The highest BCUT2D eigenvalue weighted by molar-refractivity contribution is 6.14. The second kappa shape index (κ2) is 14.0. The van der Waals surface area contributed by atoms with Crippen LogP contribution in [0.5, 0.6) is 0 Å². The summed E-state index contributed by atoms with van der Waals surface area (Å²) < 4.78 is 2.56. The zero-order valence-corrected chi connectivity index (χ0v) is 31.8. The first-order valence-electron chi connectivity index (χ1n) is 20.1. The molecule has 3 aliphatic carbocycles. The van der Waals surface area contributed by atoms with Gasteiger partial charge < -0.3 is 4.57 Å². The molecule has 3 aliphatic rings. The second-order valence-corrected chi connectivity index (χ2v) is 15.6. The van der Waals surface area contributed by atoms with Crippen molar-refractivity contribution in [2.24, 2.45) is 16.8 Å². The quantitative estimate of drug-likeness (QED) is 0.134. The van der Waals surface area contributed by atoms with Crippen LogP contribution in [-0.2, 0) is 6.42 Å². The number of fused-ring (bicyclic) bond motifs is 5. The highest BCUT2D eigenvalue weighted by Crippen LogP contribution is 2.47. The Hall–Kier alpha value is -5.21. The Kier molecular flexibility index (Phi) is 8.86. The number of rotatable bonds is 9. The summed E-state index contributed by atoms with van der Waals surface area (Å²) >= 11 is 0. The molecular formula is C51H50N2. The molecule has 0 aliphatic heterocycles. The van der Waals surface area contributed by atoms with Crippen molar-refractivity contribution < 1.29 is 0 Å². The molecule has 2 nitrogen and oxygen atoms in total. The zero-order valence-electron chi connectivity index (χ0n) is 31.8. The fourth-order valence-corrected chi connectivity index (χ4v) is 8.83. The van der Waals surface area contributed by atoms with E-state index in [9.17, 15) is 0 Å². The van der Waals surface area contributed by atoms with Gasteiger partial charge in [-0.1, -0.05) is 117 Å². The van der Waals surface area contributed by atoms with E-state index in [2.05, 4.69) is 154 Å². The molecule has 0 radical (unpaired) electrons. The van der Waals surface area contributed by atoms with Crippen molar-refractivity contribution in [3.8, 4) is 5.69 Å². The molecule has 264 valence electrons. The number of aryl methyl sites for hydroxylation is 1. The number of para-hydroxylation sites is 1. The van der Waals surface area contributed by atoms with Crippen LogP contribution in [-0.4, -0.2) is 10.3 Å². The van der Waals surface area contributed by atoms with Crippen LogP contribution < -0.4 is 0 Å². The molecule has 1 aromatic heterocycles. The number of benzene rings is 5. The summed E-state index contributed by atoms with van der Waals surface area (Å²) in [7, 11) is 0. The third-order valence-electron chi connectivity index (χ3n) is 12.2. The van der Waals surface area contributed by atoms with Crippen LogP contribution in [0.2, 0.25) is 0 Å². The van der Waals surface area contributed by atoms with Crippen LogP contribution >= 0.6 is 0 Å². The van der Waals surface area contributed by atoms with Crippen molar-refractivity contribution in [2.75, 3.05) is 0 Å². The summed E-state index contributed by atoms with van der Waals surface area (Å²) in [5, 5.41) is 5.14. The molecule has 0 N–H and O–H groups in total. The molecule has 53 heavy (non-hydrogen) atoms. The van der Waals surface area contributed by atoms with Gasteiger partial charge in [0, 0.05) is 27.6 Å². The molecule has 0 amide bonds. The molecule has 6 aromatic rings. The Bertz CT molecular complexity index is 2560. The lowest BCUT2D eigenvalue weighted by atomic mass is 9.85. The van der Waals surface area contributed by atoms with Gasteiger partial charge in [-0.25, -0.2) is 0 Å². The van der Waals surface area contributed by atoms with Crippen LogP contribution in [0.1, 0.15) is 94.9 Å².